The predicted molar refractivity (Wildman–Crippen MR) is 91.1 cm³/mol. The second-order valence-electron chi connectivity index (χ2n) is 5.25. The molecule has 8 heteroatoms. The van der Waals surface area contributed by atoms with E-state index in [1.54, 1.807) is 10.9 Å². The lowest BCUT2D eigenvalue weighted by Gasteiger charge is -2.08. The van der Waals surface area contributed by atoms with Gasteiger partial charge in [0.2, 0.25) is 0 Å². The standard InChI is InChI=1S/C18H15FN4O3/c19-14-6-8-16(9-7-14)26-12-17(24)21-22-18(25)13-10-20-23(11-13)15-4-2-1-3-5-15/h1-11H,12H2,(H,21,24)(H,22,25). The van der Waals surface area contributed by atoms with Crippen LogP contribution in [-0.2, 0) is 4.79 Å². The number of halogens is 1. The molecule has 1 heterocycles. The van der Waals surface area contributed by atoms with Crippen molar-refractivity contribution in [2.24, 2.45) is 0 Å². The number of aromatic nitrogens is 2. The highest BCUT2D eigenvalue weighted by atomic mass is 19.1. The maximum absolute atomic E-state index is 12.8. The molecule has 3 rings (SSSR count). The zero-order valence-electron chi connectivity index (χ0n) is 13.6. The Morgan fingerprint density at radius 2 is 1.77 bits per heavy atom. The minimum atomic E-state index is -0.557. The predicted octanol–water partition coefficient (Wildman–Crippen LogP) is 1.85. The van der Waals surface area contributed by atoms with Gasteiger partial charge in [0.15, 0.2) is 6.61 Å². The Labute approximate surface area is 148 Å². The quantitative estimate of drug-likeness (QED) is 0.685. The van der Waals surface area contributed by atoms with E-state index < -0.39 is 17.6 Å². The number of rotatable bonds is 5. The number of carbonyl (C=O) groups excluding carboxylic acids is 2. The van der Waals surface area contributed by atoms with Gasteiger partial charge in [-0.15, -0.1) is 0 Å². The van der Waals surface area contributed by atoms with Gasteiger partial charge in [-0.25, -0.2) is 9.07 Å². The van der Waals surface area contributed by atoms with Crippen molar-refractivity contribution in [3.63, 3.8) is 0 Å². The fourth-order valence-corrected chi connectivity index (χ4v) is 2.08. The van der Waals surface area contributed by atoms with Gasteiger partial charge in [0.05, 0.1) is 17.4 Å². The Morgan fingerprint density at radius 1 is 1.04 bits per heavy atom. The van der Waals surface area contributed by atoms with Crippen LogP contribution in [0.2, 0.25) is 0 Å². The molecule has 0 aliphatic heterocycles. The molecule has 0 saturated heterocycles. The van der Waals surface area contributed by atoms with Gasteiger partial charge in [-0.3, -0.25) is 20.4 Å². The lowest BCUT2D eigenvalue weighted by Crippen LogP contribution is -2.43. The monoisotopic (exact) mass is 354 g/mol. The third-order valence-electron chi connectivity index (χ3n) is 3.36. The van der Waals surface area contributed by atoms with Gasteiger partial charge >= 0.3 is 0 Å². The minimum absolute atomic E-state index is 0.286. The average molecular weight is 354 g/mol. The number of nitrogens with one attached hydrogen (secondary N) is 2. The minimum Gasteiger partial charge on any atom is -0.484 e. The van der Waals surface area contributed by atoms with Crippen molar-refractivity contribution in [2.45, 2.75) is 0 Å². The molecule has 0 atom stereocenters. The molecule has 3 aromatic rings. The SMILES string of the molecule is O=C(COc1ccc(F)cc1)NNC(=O)c1cnn(-c2ccccc2)c1. The molecule has 2 amide bonds. The number of ether oxygens (including phenoxy) is 1. The smallest absolute Gasteiger partial charge is 0.276 e. The second kappa shape index (κ2) is 7.93. The Balaban J connectivity index is 1.48. The van der Waals surface area contributed by atoms with Crippen LogP contribution < -0.4 is 15.6 Å². The highest BCUT2D eigenvalue weighted by molar-refractivity contribution is 5.95. The zero-order chi connectivity index (χ0) is 18.4. The number of nitrogens with zero attached hydrogens (tertiary/aromatic N) is 2. The molecule has 0 spiro atoms. The number of carbonyl (C=O) groups is 2. The van der Waals surface area contributed by atoms with E-state index >= 15 is 0 Å². The first-order valence-electron chi connectivity index (χ1n) is 7.69. The molecular formula is C18H15FN4O3. The molecule has 0 aliphatic rings. The van der Waals surface area contributed by atoms with Crippen molar-refractivity contribution in [1.82, 2.24) is 20.6 Å². The summed E-state index contributed by atoms with van der Waals surface area (Å²) in [6.07, 6.45) is 2.94. The lowest BCUT2D eigenvalue weighted by molar-refractivity contribution is -0.123. The molecule has 0 unspecified atom stereocenters. The van der Waals surface area contributed by atoms with Gasteiger partial charge in [0.1, 0.15) is 11.6 Å². The largest absolute Gasteiger partial charge is 0.484 e. The van der Waals surface area contributed by atoms with Gasteiger partial charge in [0, 0.05) is 6.20 Å². The molecular weight excluding hydrogens is 339 g/mol. The lowest BCUT2D eigenvalue weighted by atomic mass is 10.3. The van der Waals surface area contributed by atoms with Gasteiger partial charge in [-0.2, -0.15) is 5.10 Å². The first-order chi connectivity index (χ1) is 12.6. The highest BCUT2D eigenvalue weighted by Gasteiger charge is 2.11. The number of benzene rings is 2. The van der Waals surface area contributed by atoms with Crippen molar-refractivity contribution in [3.05, 3.63) is 78.4 Å². The van der Waals surface area contributed by atoms with E-state index in [1.165, 1.54) is 30.5 Å². The molecule has 26 heavy (non-hydrogen) atoms. The van der Waals surface area contributed by atoms with E-state index in [-0.39, 0.29) is 12.2 Å². The first kappa shape index (κ1) is 17.2. The summed E-state index contributed by atoms with van der Waals surface area (Å²) in [6, 6.07) is 14.5. The van der Waals surface area contributed by atoms with Crippen LogP contribution >= 0.6 is 0 Å². The molecule has 7 nitrogen and oxygen atoms in total. The van der Waals surface area contributed by atoms with Crippen LogP contribution in [0, 0.1) is 5.82 Å². The molecule has 0 aliphatic carbocycles. The Kier molecular flexibility index (Phi) is 5.23. The molecule has 132 valence electrons. The van der Waals surface area contributed by atoms with Crippen molar-refractivity contribution < 1.29 is 18.7 Å². The summed E-state index contributed by atoms with van der Waals surface area (Å²) < 4.78 is 19.5. The first-order valence-corrected chi connectivity index (χ1v) is 7.69. The number of hydrogen-bond acceptors (Lipinski definition) is 4. The summed E-state index contributed by atoms with van der Waals surface area (Å²) in [5, 5.41) is 4.11. The Hall–Kier alpha value is -3.68. The molecule has 0 saturated carbocycles. The van der Waals surface area contributed by atoms with Crippen LogP contribution in [-0.4, -0.2) is 28.2 Å². The topological polar surface area (TPSA) is 85.2 Å². The Morgan fingerprint density at radius 3 is 2.50 bits per heavy atom. The Bertz CT molecular complexity index is 894. The fourth-order valence-electron chi connectivity index (χ4n) is 2.08. The van der Waals surface area contributed by atoms with Crippen molar-refractivity contribution in [2.75, 3.05) is 6.61 Å². The summed E-state index contributed by atoms with van der Waals surface area (Å²) in [5.74, 6) is -1.12. The van der Waals surface area contributed by atoms with E-state index in [9.17, 15) is 14.0 Å². The van der Waals surface area contributed by atoms with Gasteiger partial charge in [-0.1, -0.05) is 18.2 Å². The molecule has 0 radical (unpaired) electrons. The van der Waals surface area contributed by atoms with Crippen molar-refractivity contribution in [1.29, 1.82) is 0 Å². The third-order valence-corrected chi connectivity index (χ3v) is 3.36. The molecule has 0 fully saturated rings. The van der Waals surface area contributed by atoms with E-state index in [0.29, 0.717) is 5.75 Å². The summed E-state index contributed by atoms with van der Waals surface area (Å²) in [6.45, 7) is -0.324. The van der Waals surface area contributed by atoms with Crippen molar-refractivity contribution >= 4 is 11.8 Å². The second-order valence-corrected chi connectivity index (χ2v) is 5.25. The van der Waals surface area contributed by atoms with Gasteiger partial charge in [0.25, 0.3) is 11.8 Å². The summed E-state index contributed by atoms with van der Waals surface area (Å²) >= 11 is 0. The summed E-state index contributed by atoms with van der Waals surface area (Å²) in [5.41, 5.74) is 5.61. The van der Waals surface area contributed by atoms with Crippen LogP contribution in [0.5, 0.6) is 5.75 Å². The van der Waals surface area contributed by atoms with Crippen LogP contribution in [0.3, 0.4) is 0 Å². The number of hydrazine groups is 1. The average Bonchev–Trinajstić information content (AvgIpc) is 3.17. The third kappa shape index (κ3) is 4.44. The fraction of sp³-hybridized carbons (Fsp3) is 0.0556. The van der Waals surface area contributed by atoms with Crippen LogP contribution in [0.4, 0.5) is 4.39 Å². The molecule has 2 N–H and O–H groups in total. The van der Waals surface area contributed by atoms with Gasteiger partial charge < -0.3 is 4.74 Å². The van der Waals surface area contributed by atoms with Crippen molar-refractivity contribution in [3.8, 4) is 11.4 Å². The number of hydrogen-bond donors (Lipinski definition) is 2. The van der Waals surface area contributed by atoms with Crippen LogP contribution in [0.1, 0.15) is 10.4 Å². The maximum atomic E-state index is 12.8. The van der Waals surface area contributed by atoms with E-state index in [4.69, 9.17) is 4.74 Å². The normalized spacial score (nSPS) is 10.2. The number of para-hydroxylation sites is 1. The summed E-state index contributed by atoms with van der Waals surface area (Å²) in [7, 11) is 0. The van der Waals surface area contributed by atoms with E-state index in [2.05, 4.69) is 16.0 Å². The van der Waals surface area contributed by atoms with E-state index in [1.807, 2.05) is 30.3 Å². The maximum Gasteiger partial charge on any atom is 0.276 e. The molecule has 0 bridgehead atoms. The molecule has 2 aromatic carbocycles. The zero-order valence-corrected chi connectivity index (χ0v) is 13.6. The van der Waals surface area contributed by atoms with E-state index in [0.717, 1.165) is 5.69 Å². The number of amides is 2. The summed E-state index contributed by atoms with van der Waals surface area (Å²) in [4.78, 5) is 23.7. The van der Waals surface area contributed by atoms with Gasteiger partial charge in [-0.05, 0) is 36.4 Å². The van der Waals surface area contributed by atoms with Crippen LogP contribution in [0.15, 0.2) is 67.0 Å². The van der Waals surface area contributed by atoms with Crippen LogP contribution in [0.25, 0.3) is 5.69 Å². The highest BCUT2D eigenvalue weighted by Crippen LogP contribution is 2.10. The molecule has 1 aromatic heterocycles.